The minimum atomic E-state index is -4.03. The molecule has 1 saturated heterocycles. The Bertz CT molecular complexity index is 1460. The maximum Gasteiger partial charge on any atom is 0.407 e. The molecule has 16 heteroatoms. The Morgan fingerprint density at radius 2 is 2.10 bits per heavy atom. The first-order chi connectivity index (χ1) is 19.0. The highest BCUT2D eigenvalue weighted by molar-refractivity contribution is 7.89. The minimum Gasteiger partial charge on any atom is -0.444 e. The lowest BCUT2D eigenvalue weighted by Gasteiger charge is -2.26. The fourth-order valence-corrected chi connectivity index (χ4v) is 7.11. The molecule has 1 fully saturated rings. The lowest BCUT2D eigenvalue weighted by Crippen LogP contribution is -2.44. The molecule has 3 heterocycles. The summed E-state index contributed by atoms with van der Waals surface area (Å²) in [6.45, 7) is 3.46. The molecule has 216 valence electrons. The molecular weight excluding hydrogens is 581 g/mol. The number of aliphatic hydroxyl groups excluding tert-OH is 1. The van der Waals surface area contributed by atoms with Crippen LogP contribution in [0.2, 0.25) is 0 Å². The van der Waals surface area contributed by atoms with E-state index >= 15 is 0 Å². The van der Waals surface area contributed by atoms with Crippen LogP contribution < -0.4 is 16.0 Å². The molecular formula is C24H30N6O7S3. The number of carbonyl (C=O) groups excluding carboxylic acids is 3. The summed E-state index contributed by atoms with van der Waals surface area (Å²) >= 11 is 2.46. The highest BCUT2D eigenvalue weighted by atomic mass is 32.2. The first-order valence-electron chi connectivity index (χ1n) is 12.5. The van der Waals surface area contributed by atoms with Crippen molar-refractivity contribution >= 4 is 66.0 Å². The Hall–Kier alpha value is -3.18. The Kier molecular flexibility index (Phi) is 9.68. The largest absolute Gasteiger partial charge is 0.444 e. The van der Waals surface area contributed by atoms with Gasteiger partial charge in [0.05, 0.1) is 31.6 Å². The Morgan fingerprint density at radius 1 is 1.30 bits per heavy atom. The zero-order valence-electron chi connectivity index (χ0n) is 21.8. The Labute approximate surface area is 239 Å². The quantitative estimate of drug-likeness (QED) is 0.238. The van der Waals surface area contributed by atoms with Crippen LogP contribution in [0.3, 0.4) is 0 Å². The number of amides is 3. The molecule has 1 aromatic carbocycles. The molecule has 4 rings (SSSR count). The lowest BCUT2D eigenvalue weighted by molar-refractivity contribution is -0.122. The number of hydrogen-bond donors (Lipinski definition) is 4. The van der Waals surface area contributed by atoms with E-state index in [1.807, 2.05) is 13.8 Å². The molecule has 2 aromatic heterocycles. The summed E-state index contributed by atoms with van der Waals surface area (Å²) < 4.78 is 34.0. The van der Waals surface area contributed by atoms with Crippen LogP contribution >= 0.6 is 22.7 Å². The van der Waals surface area contributed by atoms with Gasteiger partial charge >= 0.3 is 6.09 Å². The molecule has 13 nitrogen and oxygen atoms in total. The number of thiazole rings is 2. The molecule has 0 spiro atoms. The van der Waals surface area contributed by atoms with Crippen LogP contribution in [-0.4, -0.2) is 77.5 Å². The van der Waals surface area contributed by atoms with Crippen molar-refractivity contribution in [3.63, 3.8) is 0 Å². The number of nitrogens with zero attached hydrogens (tertiary/aromatic N) is 3. The van der Waals surface area contributed by atoms with Gasteiger partial charge in [-0.3, -0.25) is 14.6 Å². The smallest absolute Gasteiger partial charge is 0.407 e. The van der Waals surface area contributed by atoms with Gasteiger partial charge in [0.15, 0.2) is 5.13 Å². The van der Waals surface area contributed by atoms with Gasteiger partial charge in [0.1, 0.15) is 12.6 Å². The van der Waals surface area contributed by atoms with E-state index in [4.69, 9.17) is 4.74 Å². The SMILES string of the molecule is CC(C)CN(C[C@@H](O)CNC(=O)OCc1cncs1)S(=O)(=O)c1ccc2nc(NC(=O)C3CCC(=O)N3)sc2c1. The minimum absolute atomic E-state index is 0.00867. The van der Waals surface area contributed by atoms with Gasteiger partial charge in [-0.2, -0.15) is 4.31 Å². The van der Waals surface area contributed by atoms with Crippen LogP contribution in [0.4, 0.5) is 9.93 Å². The first kappa shape index (κ1) is 29.8. The Morgan fingerprint density at radius 3 is 2.77 bits per heavy atom. The van der Waals surface area contributed by atoms with Crippen LogP contribution in [0.1, 0.15) is 31.6 Å². The van der Waals surface area contributed by atoms with Gasteiger partial charge in [-0.25, -0.2) is 18.2 Å². The molecule has 3 amide bonds. The molecule has 1 unspecified atom stereocenters. The average Bonchev–Trinajstić information content (AvgIpc) is 3.66. The van der Waals surface area contributed by atoms with Crippen molar-refractivity contribution in [2.45, 2.75) is 50.3 Å². The second-order valence-electron chi connectivity index (χ2n) is 9.59. The van der Waals surface area contributed by atoms with Crippen molar-refractivity contribution in [1.82, 2.24) is 24.9 Å². The topological polar surface area (TPSA) is 180 Å². The van der Waals surface area contributed by atoms with E-state index in [2.05, 4.69) is 25.9 Å². The van der Waals surface area contributed by atoms with Crippen LogP contribution in [0, 0.1) is 5.92 Å². The number of aliphatic hydroxyl groups is 1. The molecule has 1 aliphatic heterocycles. The van der Waals surface area contributed by atoms with Gasteiger partial charge in [0.2, 0.25) is 21.8 Å². The standard InChI is InChI=1S/C24H30N6O7S3/c1-14(2)10-30(11-15(31)8-26-24(34)37-12-16-9-25-13-38-16)40(35,36)17-3-4-18-20(7-17)39-23(28-18)29-22(33)19-5-6-21(32)27-19/h3-4,7,9,13-15,19,31H,5-6,8,10-12H2,1-2H3,(H,26,34)(H,27,32)(H,28,29,33)/t15-,19?/m0/s1. The van der Waals surface area contributed by atoms with Gasteiger partial charge in [-0.05, 0) is 30.5 Å². The zero-order valence-corrected chi connectivity index (χ0v) is 24.3. The van der Waals surface area contributed by atoms with Crippen molar-refractivity contribution in [2.75, 3.05) is 25.0 Å². The number of aromatic nitrogens is 2. The molecule has 40 heavy (non-hydrogen) atoms. The zero-order chi connectivity index (χ0) is 28.9. The van der Waals surface area contributed by atoms with Crippen molar-refractivity contribution in [2.24, 2.45) is 5.92 Å². The fraction of sp³-hybridized carbons (Fsp3) is 0.458. The van der Waals surface area contributed by atoms with E-state index in [-0.39, 0.29) is 55.3 Å². The summed E-state index contributed by atoms with van der Waals surface area (Å²) in [7, 11) is -4.03. The number of hydrogen-bond acceptors (Lipinski definition) is 11. The molecule has 4 N–H and O–H groups in total. The summed E-state index contributed by atoms with van der Waals surface area (Å²) in [6.07, 6.45) is 0.348. The van der Waals surface area contributed by atoms with Gasteiger partial charge in [0.25, 0.3) is 0 Å². The summed E-state index contributed by atoms with van der Waals surface area (Å²) in [4.78, 5) is 44.8. The van der Waals surface area contributed by atoms with Crippen molar-refractivity contribution in [3.05, 3.63) is 34.8 Å². The predicted octanol–water partition coefficient (Wildman–Crippen LogP) is 1.90. The summed E-state index contributed by atoms with van der Waals surface area (Å²) in [6, 6.07) is 3.83. The number of carbonyl (C=O) groups is 3. The van der Waals surface area contributed by atoms with Gasteiger partial charge in [-0.15, -0.1) is 11.3 Å². The van der Waals surface area contributed by atoms with E-state index in [0.29, 0.717) is 21.8 Å². The van der Waals surface area contributed by atoms with Crippen LogP contribution in [0.15, 0.2) is 34.8 Å². The molecule has 3 aromatic rings. The van der Waals surface area contributed by atoms with Crippen molar-refractivity contribution in [3.8, 4) is 0 Å². The second-order valence-corrected chi connectivity index (χ2v) is 13.5. The van der Waals surface area contributed by atoms with E-state index in [0.717, 1.165) is 16.2 Å². The van der Waals surface area contributed by atoms with Crippen LogP contribution in [0.25, 0.3) is 10.2 Å². The van der Waals surface area contributed by atoms with E-state index in [1.165, 1.54) is 27.8 Å². The predicted molar refractivity (Wildman–Crippen MR) is 149 cm³/mol. The van der Waals surface area contributed by atoms with Crippen LogP contribution in [0.5, 0.6) is 0 Å². The molecule has 0 aliphatic carbocycles. The number of sulfonamides is 1. The maximum absolute atomic E-state index is 13.6. The number of alkyl carbamates (subject to hydrolysis) is 1. The molecule has 2 atom stereocenters. The monoisotopic (exact) mass is 610 g/mol. The van der Waals surface area contributed by atoms with Crippen molar-refractivity contribution < 1.29 is 32.6 Å². The maximum atomic E-state index is 13.6. The van der Waals surface area contributed by atoms with Crippen LogP contribution in [-0.2, 0) is 31.0 Å². The molecule has 0 saturated carbocycles. The lowest BCUT2D eigenvalue weighted by atomic mass is 10.2. The summed E-state index contributed by atoms with van der Waals surface area (Å²) in [5, 5.41) is 18.6. The summed E-state index contributed by atoms with van der Waals surface area (Å²) in [5.74, 6) is -0.599. The average molecular weight is 611 g/mol. The first-order valence-corrected chi connectivity index (χ1v) is 15.6. The van der Waals surface area contributed by atoms with E-state index < -0.39 is 28.3 Å². The molecule has 1 aliphatic rings. The van der Waals surface area contributed by atoms with Gasteiger partial charge in [-0.1, -0.05) is 25.2 Å². The van der Waals surface area contributed by atoms with E-state index in [1.54, 1.807) is 17.8 Å². The molecule has 0 radical (unpaired) electrons. The molecule has 0 bridgehead atoms. The number of rotatable bonds is 12. The van der Waals surface area contributed by atoms with E-state index in [9.17, 15) is 27.9 Å². The van der Waals surface area contributed by atoms with Gasteiger partial charge < -0.3 is 25.8 Å². The number of ether oxygens (including phenoxy) is 1. The third kappa shape index (κ3) is 7.72. The summed E-state index contributed by atoms with van der Waals surface area (Å²) in [5.41, 5.74) is 2.12. The third-order valence-corrected chi connectivity index (χ3v) is 9.35. The Balaban J connectivity index is 1.40. The van der Waals surface area contributed by atoms with Gasteiger partial charge in [0, 0.05) is 32.3 Å². The number of anilines is 1. The normalized spacial score (nSPS) is 16.3. The number of nitrogens with one attached hydrogen (secondary N) is 3. The fourth-order valence-electron chi connectivity index (χ4n) is 3.95. The van der Waals surface area contributed by atoms with Crippen molar-refractivity contribution in [1.29, 1.82) is 0 Å². The number of benzene rings is 1. The number of fused-ring (bicyclic) bond motifs is 1. The highest BCUT2D eigenvalue weighted by Crippen LogP contribution is 2.30. The second kappa shape index (κ2) is 13.0. The highest BCUT2D eigenvalue weighted by Gasteiger charge is 2.29. The third-order valence-electron chi connectivity index (χ3n) is 5.83.